The van der Waals surface area contributed by atoms with E-state index in [0.29, 0.717) is 12.2 Å². The summed E-state index contributed by atoms with van der Waals surface area (Å²) < 4.78 is 5.36. The maximum atomic E-state index is 11.6. The van der Waals surface area contributed by atoms with Crippen LogP contribution in [0.5, 0.6) is 0 Å². The van der Waals surface area contributed by atoms with Crippen LogP contribution in [0.4, 0.5) is 0 Å². The lowest BCUT2D eigenvalue weighted by Crippen LogP contribution is -2.12. The van der Waals surface area contributed by atoms with Crippen molar-refractivity contribution in [3.8, 4) is 11.1 Å². The number of rotatable bonds is 3. The number of hydrogen-bond acceptors (Lipinski definition) is 2. The van der Waals surface area contributed by atoms with E-state index >= 15 is 0 Å². The fraction of sp³-hybridized carbons (Fsp3) is 0.167. The lowest BCUT2D eigenvalue weighted by atomic mass is 9.98. The fourth-order valence-electron chi connectivity index (χ4n) is 2.72. The molecular formula is C18H16O2. The Kier molecular flexibility index (Phi) is 3.15. The molecule has 0 fully saturated rings. The highest BCUT2D eigenvalue weighted by molar-refractivity contribution is 5.87. The molecule has 1 aliphatic carbocycles. The molecule has 0 aliphatic heterocycles. The predicted octanol–water partition coefficient (Wildman–Crippen LogP) is 3.92. The van der Waals surface area contributed by atoms with E-state index in [1.54, 1.807) is 6.92 Å². The van der Waals surface area contributed by atoms with E-state index in [-0.39, 0.29) is 11.9 Å². The maximum Gasteiger partial charge on any atom is 0.333 e. The lowest BCUT2D eigenvalue weighted by Gasteiger charge is -2.14. The third kappa shape index (κ3) is 2.03. The van der Waals surface area contributed by atoms with Crippen LogP contribution in [0.25, 0.3) is 11.1 Å². The monoisotopic (exact) mass is 264 g/mol. The van der Waals surface area contributed by atoms with Crippen LogP contribution >= 0.6 is 0 Å². The zero-order valence-corrected chi connectivity index (χ0v) is 11.4. The average Bonchev–Trinajstić information content (AvgIpc) is 2.79. The molecule has 0 atom stereocenters. The van der Waals surface area contributed by atoms with Crippen LogP contribution in [0.15, 0.2) is 60.7 Å². The minimum absolute atomic E-state index is 0.116. The molecule has 20 heavy (non-hydrogen) atoms. The van der Waals surface area contributed by atoms with Gasteiger partial charge in [0.05, 0.1) is 0 Å². The Morgan fingerprint density at radius 1 is 1.05 bits per heavy atom. The minimum Gasteiger partial charge on any atom is -0.461 e. The Labute approximate surface area is 118 Å². The van der Waals surface area contributed by atoms with Crippen LogP contribution in [0, 0.1) is 0 Å². The summed E-state index contributed by atoms with van der Waals surface area (Å²) in [6, 6.07) is 16.6. The molecule has 100 valence electrons. The van der Waals surface area contributed by atoms with E-state index < -0.39 is 0 Å². The summed E-state index contributed by atoms with van der Waals surface area (Å²) in [4.78, 5) is 11.6. The molecule has 0 aromatic heterocycles. The van der Waals surface area contributed by atoms with Crippen molar-refractivity contribution < 1.29 is 9.53 Å². The van der Waals surface area contributed by atoms with Crippen molar-refractivity contribution >= 4 is 5.97 Å². The summed E-state index contributed by atoms with van der Waals surface area (Å²) in [5.41, 5.74) is 5.36. The van der Waals surface area contributed by atoms with E-state index in [0.717, 1.165) is 0 Å². The molecule has 0 unspecified atom stereocenters. The highest BCUT2D eigenvalue weighted by Crippen LogP contribution is 2.44. The van der Waals surface area contributed by atoms with Gasteiger partial charge in [-0.05, 0) is 29.2 Å². The van der Waals surface area contributed by atoms with Crippen LogP contribution in [-0.2, 0) is 9.53 Å². The number of benzene rings is 2. The number of ether oxygens (including phenoxy) is 1. The van der Waals surface area contributed by atoms with Crippen molar-refractivity contribution in [3.63, 3.8) is 0 Å². The second-order valence-corrected chi connectivity index (χ2v) is 5.11. The van der Waals surface area contributed by atoms with Crippen molar-refractivity contribution in [2.75, 3.05) is 6.61 Å². The first-order valence-corrected chi connectivity index (χ1v) is 6.69. The molecule has 0 saturated carbocycles. The van der Waals surface area contributed by atoms with E-state index in [1.165, 1.54) is 22.3 Å². The largest absolute Gasteiger partial charge is 0.461 e. The molecule has 1 aliphatic rings. The van der Waals surface area contributed by atoms with Crippen LogP contribution < -0.4 is 0 Å². The molecule has 0 saturated heterocycles. The van der Waals surface area contributed by atoms with Gasteiger partial charge in [-0.3, -0.25) is 0 Å². The standard InChI is InChI=1S/C18H16O2/c1-12(2)18(19)20-11-17-15-9-5-3-7-13(15)14-8-4-6-10-16(14)17/h3-10,17H,1,11H2,2H3. The maximum absolute atomic E-state index is 11.6. The van der Waals surface area contributed by atoms with Gasteiger partial charge in [0.25, 0.3) is 0 Å². The molecule has 0 amide bonds. The van der Waals surface area contributed by atoms with Crippen LogP contribution in [-0.4, -0.2) is 12.6 Å². The molecule has 0 N–H and O–H groups in total. The van der Waals surface area contributed by atoms with E-state index in [1.807, 2.05) is 24.3 Å². The van der Waals surface area contributed by atoms with Gasteiger partial charge in [0.15, 0.2) is 0 Å². The second kappa shape index (κ2) is 4.97. The third-order valence-electron chi connectivity index (χ3n) is 3.69. The number of carbonyl (C=O) groups excluding carboxylic acids is 1. The zero-order chi connectivity index (χ0) is 14.1. The van der Waals surface area contributed by atoms with Crippen molar-refractivity contribution in [3.05, 3.63) is 71.8 Å². The zero-order valence-electron chi connectivity index (χ0n) is 11.4. The number of hydrogen-bond donors (Lipinski definition) is 0. The molecule has 2 aromatic carbocycles. The van der Waals surface area contributed by atoms with Gasteiger partial charge in [0, 0.05) is 11.5 Å². The fourth-order valence-corrected chi connectivity index (χ4v) is 2.72. The molecule has 0 heterocycles. The van der Waals surface area contributed by atoms with Crippen LogP contribution in [0.2, 0.25) is 0 Å². The predicted molar refractivity (Wildman–Crippen MR) is 79.5 cm³/mol. The molecule has 2 aromatic rings. The smallest absolute Gasteiger partial charge is 0.333 e. The van der Waals surface area contributed by atoms with E-state index in [9.17, 15) is 4.79 Å². The minimum atomic E-state index is -0.327. The summed E-state index contributed by atoms with van der Waals surface area (Å²) in [6.45, 7) is 5.64. The van der Waals surface area contributed by atoms with Crippen LogP contribution in [0.3, 0.4) is 0 Å². The van der Waals surface area contributed by atoms with E-state index in [2.05, 4.69) is 30.8 Å². The molecule has 0 spiro atoms. The van der Waals surface area contributed by atoms with Gasteiger partial charge < -0.3 is 4.74 Å². The Morgan fingerprint density at radius 3 is 2.05 bits per heavy atom. The van der Waals surface area contributed by atoms with Crippen molar-refractivity contribution in [1.82, 2.24) is 0 Å². The Hall–Kier alpha value is -2.35. The normalized spacial score (nSPS) is 12.7. The molecule has 2 heteroatoms. The van der Waals surface area contributed by atoms with E-state index in [4.69, 9.17) is 4.74 Å². The molecular weight excluding hydrogens is 248 g/mol. The van der Waals surface area contributed by atoms with Gasteiger partial charge in [-0.1, -0.05) is 55.1 Å². The summed E-state index contributed by atoms with van der Waals surface area (Å²) in [7, 11) is 0. The van der Waals surface area contributed by atoms with Gasteiger partial charge in [-0.15, -0.1) is 0 Å². The van der Waals surface area contributed by atoms with Gasteiger partial charge in [-0.25, -0.2) is 4.79 Å². The van der Waals surface area contributed by atoms with Crippen molar-refractivity contribution in [2.24, 2.45) is 0 Å². The van der Waals surface area contributed by atoms with Crippen molar-refractivity contribution in [2.45, 2.75) is 12.8 Å². The first-order valence-electron chi connectivity index (χ1n) is 6.69. The Balaban J connectivity index is 1.95. The summed E-state index contributed by atoms with van der Waals surface area (Å²) >= 11 is 0. The molecule has 0 bridgehead atoms. The first-order chi connectivity index (χ1) is 9.68. The lowest BCUT2D eigenvalue weighted by molar-refractivity contribution is -0.139. The topological polar surface area (TPSA) is 26.3 Å². The average molecular weight is 264 g/mol. The summed E-state index contributed by atoms with van der Waals surface area (Å²) in [6.07, 6.45) is 0. The van der Waals surface area contributed by atoms with Crippen LogP contribution in [0.1, 0.15) is 24.0 Å². The first kappa shape index (κ1) is 12.7. The van der Waals surface area contributed by atoms with Gasteiger partial charge >= 0.3 is 5.97 Å². The third-order valence-corrected chi connectivity index (χ3v) is 3.69. The number of esters is 1. The van der Waals surface area contributed by atoms with Crippen molar-refractivity contribution in [1.29, 1.82) is 0 Å². The van der Waals surface area contributed by atoms with Gasteiger partial charge in [0.1, 0.15) is 6.61 Å². The molecule has 2 nitrogen and oxygen atoms in total. The SMILES string of the molecule is C=C(C)C(=O)OCC1c2ccccc2-c2ccccc21. The Morgan fingerprint density at radius 2 is 1.55 bits per heavy atom. The summed E-state index contributed by atoms with van der Waals surface area (Å²) in [5, 5.41) is 0. The highest BCUT2D eigenvalue weighted by atomic mass is 16.5. The Bertz CT molecular complexity index is 640. The molecule has 0 radical (unpaired) electrons. The molecule has 3 rings (SSSR count). The second-order valence-electron chi connectivity index (χ2n) is 5.11. The number of fused-ring (bicyclic) bond motifs is 3. The quantitative estimate of drug-likeness (QED) is 0.620. The number of carbonyl (C=O) groups is 1. The summed E-state index contributed by atoms with van der Waals surface area (Å²) in [5.74, 6) is -0.211. The van der Waals surface area contributed by atoms with Gasteiger partial charge in [-0.2, -0.15) is 0 Å². The van der Waals surface area contributed by atoms with Gasteiger partial charge in [0.2, 0.25) is 0 Å². The highest BCUT2D eigenvalue weighted by Gasteiger charge is 2.28.